The molecule has 0 aliphatic carbocycles. The maximum absolute atomic E-state index is 12.8. The van der Waals surface area contributed by atoms with Crippen molar-refractivity contribution in [3.8, 4) is 0 Å². The predicted octanol–water partition coefficient (Wildman–Crippen LogP) is 3.19. The van der Waals surface area contributed by atoms with E-state index in [1.807, 2.05) is 36.9 Å². The SMILES string of the molecule is Cc1ccc(C)c(Nc2cnc(C(=O)N3CCN(c4ccccn4)CC3)cn2)c1. The highest BCUT2D eigenvalue weighted by atomic mass is 16.2. The van der Waals surface area contributed by atoms with Crippen LogP contribution in [0.5, 0.6) is 0 Å². The monoisotopic (exact) mass is 388 g/mol. The first kappa shape index (κ1) is 18.9. The van der Waals surface area contributed by atoms with Gasteiger partial charge in [-0.05, 0) is 43.2 Å². The van der Waals surface area contributed by atoms with Crippen LogP contribution in [0.15, 0.2) is 55.0 Å². The summed E-state index contributed by atoms with van der Waals surface area (Å²) in [4.78, 5) is 29.9. The lowest BCUT2D eigenvalue weighted by Gasteiger charge is -2.35. The largest absolute Gasteiger partial charge is 0.353 e. The molecule has 3 aromatic rings. The van der Waals surface area contributed by atoms with E-state index in [2.05, 4.69) is 43.4 Å². The molecule has 1 amide bonds. The van der Waals surface area contributed by atoms with Gasteiger partial charge in [-0.1, -0.05) is 18.2 Å². The molecule has 0 spiro atoms. The average Bonchev–Trinajstić information content (AvgIpc) is 2.77. The van der Waals surface area contributed by atoms with Gasteiger partial charge in [-0.2, -0.15) is 0 Å². The molecule has 0 atom stereocenters. The van der Waals surface area contributed by atoms with Crippen LogP contribution in [-0.4, -0.2) is 51.9 Å². The van der Waals surface area contributed by atoms with Crippen molar-refractivity contribution in [2.75, 3.05) is 36.4 Å². The third kappa shape index (κ3) is 4.34. The number of anilines is 3. The summed E-state index contributed by atoms with van der Waals surface area (Å²) in [5.41, 5.74) is 3.65. The Labute approximate surface area is 170 Å². The molecule has 1 N–H and O–H groups in total. The zero-order valence-electron chi connectivity index (χ0n) is 16.7. The van der Waals surface area contributed by atoms with Crippen molar-refractivity contribution < 1.29 is 4.79 Å². The van der Waals surface area contributed by atoms with Crippen molar-refractivity contribution in [3.63, 3.8) is 0 Å². The number of hydrogen-bond acceptors (Lipinski definition) is 6. The van der Waals surface area contributed by atoms with E-state index in [-0.39, 0.29) is 5.91 Å². The summed E-state index contributed by atoms with van der Waals surface area (Å²) in [7, 11) is 0. The molecule has 1 aliphatic heterocycles. The van der Waals surface area contributed by atoms with Crippen LogP contribution in [0.3, 0.4) is 0 Å². The second-order valence-electron chi connectivity index (χ2n) is 7.20. The molecule has 1 aromatic carbocycles. The molecule has 29 heavy (non-hydrogen) atoms. The summed E-state index contributed by atoms with van der Waals surface area (Å²) in [6.07, 6.45) is 4.94. The maximum atomic E-state index is 12.8. The summed E-state index contributed by atoms with van der Waals surface area (Å²) < 4.78 is 0. The lowest BCUT2D eigenvalue weighted by atomic mass is 10.1. The van der Waals surface area contributed by atoms with Gasteiger partial charge in [0.2, 0.25) is 0 Å². The number of benzene rings is 1. The van der Waals surface area contributed by atoms with Gasteiger partial charge in [0.15, 0.2) is 0 Å². The van der Waals surface area contributed by atoms with E-state index in [0.29, 0.717) is 24.6 Å². The molecule has 0 bridgehead atoms. The number of hydrogen-bond donors (Lipinski definition) is 1. The van der Waals surface area contributed by atoms with Gasteiger partial charge in [-0.25, -0.2) is 15.0 Å². The molecule has 7 heteroatoms. The number of aryl methyl sites for hydroxylation is 2. The summed E-state index contributed by atoms with van der Waals surface area (Å²) in [6.45, 7) is 6.87. The fourth-order valence-corrected chi connectivity index (χ4v) is 3.35. The molecule has 1 aliphatic rings. The zero-order chi connectivity index (χ0) is 20.2. The Morgan fingerprint density at radius 1 is 0.966 bits per heavy atom. The molecular formula is C22H24N6O. The van der Waals surface area contributed by atoms with Crippen molar-refractivity contribution in [3.05, 3.63) is 71.8 Å². The van der Waals surface area contributed by atoms with E-state index in [4.69, 9.17) is 0 Å². The Hall–Kier alpha value is -3.48. The van der Waals surface area contributed by atoms with E-state index in [1.54, 1.807) is 18.6 Å². The number of aromatic nitrogens is 3. The van der Waals surface area contributed by atoms with Crippen molar-refractivity contribution in [2.24, 2.45) is 0 Å². The van der Waals surface area contributed by atoms with Crippen LogP contribution < -0.4 is 10.2 Å². The Morgan fingerprint density at radius 2 is 1.79 bits per heavy atom. The fraction of sp³-hybridized carbons (Fsp3) is 0.273. The Balaban J connectivity index is 1.38. The van der Waals surface area contributed by atoms with Gasteiger partial charge in [0, 0.05) is 38.1 Å². The van der Waals surface area contributed by atoms with Crippen LogP contribution in [-0.2, 0) is 0 Å². The fourth-order valence-electron chi connectivity index (χ4n) is 3.35. The van der Waals surface area contributed by atoms with E-state index in [9.17, 15) is 4.79 Å². The van der Waals surface area contributed by atoms with Crippen LogP contribution in [0.2, 0.25) is 0 Å². The van der Waals surface area contributed by atoms with Crippen molar-refractivity contribution in [2.45, 2.75) is 13.8 Å². The van der Waals surface area contributed by atoms with Crippen molar-refractivity contribution in [1.29, 1.82) is 0 Å². The Bertz CT molecular complexity index is 982. The van der Waals surface area contributed by atoms with E-state index in [1.165, 1.54) is 5.56 Å². The highest BCUT2D eigenvalue weighted by Crippen LogP contribution is 2.20. The summed E-state index contributed by atoms with van der Waals surface area (Å²) in [5, 5.41) is 3.27. The van der Waals surface area contributed by atoms with Crippen LogP contribution >= 0.6 is 0 Å². The summed E-state index contributed by atoms with van der Waals surface area (Å²) in [6, 6.07) is 12.1. The first-order valence-corrected chi connectivity index (χ1v) is 9.72. The zero-order valence-corrected chi connectivity index (χ0v) is 16.7. The highest BCUT2D eigenvalue weighted by Gasteiger charge is 2.23. The van der Waals surface area contributed by atoms with Crippen LogP contribution in [0.4, 0.5) is 17.3 Å². The Morgan fingerprint density at radius 3 is 2.48 bits per heavy atom. The first-order chi connectivity index (χ1) is 14.1. The van der Waals surface area contributed by atoms with E-state index >= 15 is 0 Å². The number of pyridine rings is 1. The summed E-state index contributed by atoms with van der Waals surface area (Å²) >= 11 is 0. The smallest absolute Gasteiger partial charge is 0.274 e. The molecule has 148 valence electrons. The van der Waals surface area contributed by atoms with Gasteiger partial charge in [-0.15, -0.1) is 0 Å². The lowest BCUT2D eigenvalue weighted by Crippen LogP contribution is -2.49. The second kappa shape index (κ2) is 8.26. The number of piperazine rings is 1. The molecule has 0 radical (unpaired) electrons. The maximum Gasteiger partial charge on any atom is 0.274 e. The van der Waals surface area contributed by atoms with Crippen molar-refractivity contribution in [1.82, 2.24) is 19.9 Å². The molecular weight excluding hydrogens is 364 g/mol. The number of nitrogens with zero attached hydrogens (tertiary/aromatic N) is 5. The normalized spacial score (nSPS) is 14.0. The number of rotatable bonds is 4. The van der Waals surface area contributed by atoms with Gasteiger partial charge in [0.1, 0.15) is 17.3 Å². The number of carbonyl (C=O) groups excluding carboxylic acids is 1. The van der Waals surface area contributed by atoms with Gasteiger partial charge in [0.05, 0.1) is 12.4 Å². The van der Waals surface area contributed by atoms with Crippen molar-refractivity contribution >= 4 is 23.2 Å². The second-order valence-corrected chi connectivity index (χ2v) is 7.20. The quantitative estimate of drug-likeness (QED) is 0.740. The van der Waals surface area contributed by atoms with Crippen LogP contribution in [0.25, 0.3) is 0 Å². The van der Waals surface area contributed by atoms with Gasteiger partial charge >= 0.3 is 0 Å². The number of amides is 1. The average molecular weight is 388 g/mol. The minimum atomic E-state index is -0.0866. The molecule has 0 unspecified atom stereocenters. The number of carbonyl (C=O) groups is 1. The van der Waals surface area contributed by atoms with E-state index in [0.717, 1.165) is 30.2 Å². The highest BCUT2D eigenvalue weighted by molar-refractivity contribution is 5.92. The number of nitrogens with one attached hydrogen (secondary N) is 1. The van der Waals surface area contributed by atoms with E-state index < -0.39 is 0 Å². The topological polar surface area (TPSA) is 74.2 Å². The lowest BCUT2D eigenvalue weighted by molar-refractivity contribution is 0.0740. The third-order valence-corrected chi connectivity index (χ3v) is 5.07. The minimum absolute atomic E-state index is 0.0866. The molecule has 3 heterocycles. The molecule has 1 saturated heterocycles. The molecule has 4 rings (SSSR count). The van der Waals surface area contributed by atoms with Gasteiger partial charge in [-0.3, -0.25) is 4.79 Å². The van der Waals surface area contributed by atoms with Crippen LogP contribution in [0.1, 0.15) is 21.6 Å². The molecule has 1 fully saturated rings. The molecule has 7 nitrogen and oxygen atoms in total. The Kier molecular flexibility index (Phi) is 5.37. The third-order valence-electron chi connectivity index (χ3n) is 5.07. The molecule has 0 saturated carbocycles. The minimum Gasteiger partial charge on any atom is -0.353 e. The molecule has 2 aromatic heterocycles. The van der Waals surface area contributed by atoms with Crippen LogP contribution in [0, 0.1) is 13.8 Å². The standard InChI is InChI=1S/C22H24N6O/c1-16-6-7-17(2)18(13-16)26-20-15-24-19(14-25-20)22(29)28-11-9-27(10-12-28)21-5-3-4-8-23-21/h3-8,13-15H,9-12H2,1-2H3,(H,25,26). The van der Waals surface area contributed by atoms with Gasteiger partial charge < -0.3 is 15.1 Å². The summed E-state index contributed by atoms with van der Waals surface area (Å²) in [5.74, 6) is 1.48. The van der Waals surface area contributed by atoms with Gasteiger partial charge in [0.25, 0.3) is 5.91 Å². The predicted molar refractivity (Wildman–Crippen MR) is 114 cm³/mol. The first-order valence-electron chi connectivity index (χ1n) is 9.72.